The number of nitrogens with one attached hydrogen (secondary N) is 3. The molecule has 0 radical (unpaired) electrons. The van der Waals surface area contributed by atoms with Crippen LogP contribution < -0.4 is 16.2 Å². The number of anilines is 2. The van der Waals surface area contributed by atoms with Gasteiger partial charge in [-0.2, -0.15) is 10.2 Å². The van der Waals surface area contributed by atoms with Crippen molar-refractivity contribution in [2.75, 3.05) is 43.6 Å². The summed E-state index contributed by atoms with van der Waals surface area (Å²) < 4.78 is 58.1. The van der Waals surface area contributed by atoms with E-state index < -0.39 is 61.0 Å². The maximum Gasteiger partial charge on any atom is 0.475 e. The molecule has 5 aliphatic rings. The summed E-state index contributed by atoms with van der Waals surface area (Å²) >= 11 is 6.26. The number of amides is 2. The molecular formula is C43H48N12O10P2S. The molecule has 2 bridgehead atoms. The van der Waals surface area contributed by atoms with Crippen molar-refractivity contribution >= 4 is 72.3 Å². The number of rotatable bonds is 12. The van der Waals surface area contributed by atoms with E-state index in [0.29, 0.717) is 29.6 Å². The van der Waals surface area contributed by atoms with E-state index in [0.717, 1.165) is 0 Å². The lowest BCUT2D eigenvalue weighted by molar-refractivity contribution is -0.118. The van der Waals surface area contributed by atoms with Crippen molar-refractivity contribution in [3.05, 3.63) is 76.6 Å². The lowest BCUT2D eigenvalue weighted by atomic mass is 9.91. The largest absolute Gasteiger partial charge is 0.475 e. The smallest absolute Gasteiger partial charge is 0.314 e. The van der Waals surface area contributed by atoms with Crippen LogP contribution in [-0.2, 0) is 48.3 Å². The Kier molecular flexibility index (Phi) is 12.0. The summed E-state index contributed by atoms with van der Waals surface area (Å²) in [7, 11) is -4.54. The van der Waals surface area contributed by atoms with Gasteiger partial charge in [0.1, 0.15) is 12.9 Å². The molecule has 68 heavy (non-hydrogen) atoms. The Bertz CT molecular complexity index is 3070. The van der Waals surface area contributed by atoms with Crippen LogP contribution in [0.25, 0.3) is 27.2 Å². The summed E-state index contributed by atoms with van der Waals surface area (Å²) in [6, 6.07) is 9.78. The van der Waals surface area contributed by atoms with Gasteiger partial charge in [-0.3, -0.25) is 38.3 Å². The number of hydrogen-bond donors (Lipinski definition) is 3. The molecule has 22 nitrogen and oxygen atoms in total. The van der Waals surface area contributed by atoms with Gasteiger partial charge in [0, 0.05) is 34.3 Å². The normalized spacial score (nSPS) is 33.8. The summed E-state index contributed by atoms with van der Waals surface area (Å²) in [6.07, 6.45) is 3.87. The second-order valence-electron chi connectivity index (χ2n) is 18.5. The number of benzene rings is 1. The average Bonchev–Trinajstić information content (AvgIpc) is 4.03. The van der Waals surface area contributed by atoms with Gasteiger partial charge >= 0.3 is 14.5 Å². The number of carbonyl (C=O) groups excluding carboxylic acids is 2. The van der Waals surface area contributed by atoms with E-state index >= 15 is 4.57 Å². The molecule has 2 spiro atoms. The molecule has 1 saturated heterocycles. The Morgan fingerprint density at radius 2 is 1.71 bits per heavy atom. The third kappa shape index (κ3) is 7.97. The van der Waals surface area contributed by atoms with Crippen molar-refractivity contribution in [3.8, 4) is 6.07 Å². The molecule has 5 aromatic rings. The van der Waals surface area contributed by atoms with Crippen LogP contribution >= 0.6 is 14.5 Å². The Hall–Kier alpha value is -5.32. The van der Waals surface area contributed by atoms with Gasteiger partial charge in [-0.25, -0.2) is 31.1 Å². The fraction of sp³-hybridized carbons (Fsp3) is 0.535. The van der Waals surface area contributed by atoms with Crippen molar-refractivity contribution in [2.24, 2.45) is 40.4 Å². The molecule has 2 amide bonds. The van der Waals surface area contributed by atoms with Crippen LogP contribution in [0.2, 0.25) is 0 Å². The first kappa shape index (κ1) is 46.4. The highest BCUT2D eigenvalue weighted by Gasteiger charge is 2.75. The van der Waals surface area contributed by atoms with Crippen LogP contribution in [0, 0.1) is 58.3 Å². The fourth-order valence-electron chi connectivity index (χ4n) is 10.8. The predicted molar refractivity (Wildman–Crippen MR) is 246 cm³/mol. The van der Waals surface area contributed by atoms with Crippen molar-refractivity contribution in [3.63, 3.8) is 0 Å². The molecule has 4 saturated carbocycles. The Balaban J connectivity index is 1.02. The highest BCUT2D eigenvalue weighted by Crippen LogP contribution is 2.77. The number of H-pyrrole nitrogens is 1. The topological polar surface area (TPSA) is 266 Å². The van der Waals surface area contributed by atoms with Gasteiger partial charge in [0.2, 0.25) is 18.4 Å². The van der Waals surface area contributed by atoms with E-state index in [9.17, 15) is 19.6 Å². The molecule has 5 heterocycles. The predicted octanol–water partition coefficient (Wildman–Crippen LogP) is 6.22. The number of aromatic amines is 1. The molecule has 10 rings (SSSR count). The molecule has 1 aromatic carbocycles. The van der Waals surface area contributed by atoms with E-state index in [2.05, 4.69) is 45.4 Å². The van der Waals surface area contributed by atoms with Crippen molar-refractivity contribution in [1.29, 1.82) is 5.26 Å². The minimum Gasteiger partial charge on any atom is -0.314 e. The standard InChI is InChI=1S/C43H48N12O10P2S/c1-23(2)38(56)52-41-51-37-30(40(58)53-41)49-22-55(37)32-28-16-42(28)18-63-67(68,61-15-13-45-5)65-34-24(3)31(27-17-43(27,34)19-62-66(59,60-14-9-12-44)64-33(32)25(42)4)54-21-48-29-35(46-20-47-36(29)54)50-39(57)26-10-7-6-8-11-26/h6-8,10-11,20-25,27-28,31-34H,9,13-19H2,1-4H3,(H,46,47,50,57)(H2,51,52,53,56,58)/t24-,25-,27+,28+,31-,32+,33+,34-,42-,43+,66?,67?/m0/s1. The van der Waals surface area contributed by atoms with E-state index in [1.807, 2.05) is 30.6 Å². The number of nitrogens with zero attached hydrogens (tertiary/aromatic N) is 9. The van der Waals surface area contributed by atoms with Gasteiger partial charge in [-0.05, 0) is 54.5 Å². The molecular weight excluding hydrogens is 939 g/mol. The number of carbonyl (C=O) groups is 2. The summed E-state index contributed by atoms with van der Waals surface area (Å²) in [5, 5.41) is 15.0. The molecule has 5 fully saturated rings. The third-order valence-electron chi connectivity index (χ3n) is 14.4. The van der Waals surface area contributed by atoms with Crippen LogP contribution in [0.5, 0.6) is 0 Å². The van der Waals surface area contributed by atoms with Crippen LogP contribution in [0.15, 0.2) is 54.1 Å². The Morgan fingerprint density at radius 3 is 2.46 bits per heavy atom. The SMILES string of the molecule is [C-]#[N+]CCOP1(=S)OC[C@]23C[C@@H]2[C@@H](n2cnc4c(=O)[nH]c(NC(=O)C(C)C)nc42)[C@H](OP(=O)(OCCC#N)OC[C@]24C[C@@H]2[C@@H](n2cnc5c(NC(=O)c6ccccc6)ncnc52)[C@H](C)[C@@H]4O1)[C@@H]3C. The first-order valence-electron chi connectivity index (χ1n) is 22.3. The van der Waals surface area contributed by atoms with E-state index in [4.69, 9.17) is 45.5 Å². The maximum absolute atomic E-state index is 15.3. The molecule has 3 N–H and O–H groups in total. The summed E-state index contributed by atoms with van der Waals surface area (Å²) in [6.45, 7) is 10.7. The molecule has 2 unspecified atom stereocenters. The molecule has 356 valence electrons. The first-order valence-corrected chi connectivity index (χ1v) is 26.3. The number of fused-ring (bicyclic) bond motifs is 3. The van der Waals surface area contributed by atoms with E-state index in [1.54, 1.807) is 49.0 Å². The molecule has 12 atom stereocenters. The van der Waals surface area contributed by atoms with Crippen molar-refractivity contribution in [2.45, 2.75) is 71.2 Å². The van der Waals surface area contributed by atoms with Crippen molar-refractivity contribution in [1.82, 2.24) is 39.0 Å². The minimum absolute atomic E-state index is 0.0134. The zero-order chi connectivity index (χ0) is 47.8. The van der Waals surface area contributed by atoms with Gasteiger partial charge in [0.25, 0.3) is 11.5 Å². The summed E-state index contributed by atoms with van der Waals surface area (Å²) in [5.74, 6) is -2.11. The fourth-order valence-corrected chi connectivity index (χ4v) is 14.5. The summed E-state index contributed by atoms with van der Waals surface area (Å²) in [4.78, 5) is 68.0. The van der Waals surface area contributed by atoms with Gasteiger partial charge in [-0.15, -0.1) is 0 Å². The summed E-state index contributed by atoms with van der Waals surface area (Å²) in [5.41, 5.74) is -0.623. The zero-order valence-corrected chi connectivity index (χ0v) is 40.0. The highest BCUT2D eigenvalue weighted by molar-refractivity contribution is 8.07. The number of hydrogen-bond acceptors (Lipinski definition) is 17. The number of nitriles is 1. The number of imidazole rings is 2. The first-order chi connectivity index (χ1) is 32.6. The Labute approximate surface area is 394 Å². The molecule has 1 aliphatic heterocycles. The second-order valence-corrected chi connectivity index (χ2v) is 23.0. The quantitative estimate of drug-likeness (QED) is 0.0712. The number of aromatic nitrogens is 8. The third-order valence-corrected chi connectivity index (χ3v) is 18.1. The molecule has 4 aromatic heterocycles. The van der Waals surface area contributed by atoms with Crippen molar-refractivity contribution < 1.29 is 41.3 Å². The van der Waals surface area contributed by atoms with Gasteiger partial charge in [0.15, 0.2) is 28.1 Å². The van der Waals surface area contributed by atoms with Crippen LogP contribution in [0.3, 0.4) is 0 Å². The molecule has 4 aliphatic carbocycles. The van der Waals surface area contributed by atoms with Crippen LogP contribution in [0.4, 0.5) is 11.8 Å². The second kappa shape index (κ2) is 17.6. The maximum atomic E-state index is 15.3. The van der Waals surface area contributed by atoms with E-state index in [-0.39, 0.29) is 97.9 Å². The average molecular weight is 987 g/mol. The number of phosphoric acid groups is 1. The van der Waals surface area contributed by atoms with Crippen LogP contribution in [-0.4, -0.2) is 96.0 Å². The minimum atomic E-state index is -4.54. The monoisotopic (exact) mass is 986 g/mol. The van der Waals surface area contributed by atoms with Gasteiger partial charge in [0.05, 0.1) is 63.2 Å². The van der Waals surface area contributed by atoms with E-state index in [1.165, 1.54) is 12.7 Å². The van der Waals surface area contributed by atoms with Gasteiger partial charge in [-0.1, -0.05) is 45.9 Å². The van der Waals surface area contributed by atoms with Gasteiger partial charge < -0.3 is 32.9 Å². The highest BCUT2D eigenvalue weighted by atomic mass is 32.5. The van der Waals surface area contributed by atoms with Crippen LogP contribution in [0.1, 0.15) is 69.4 Å². The molecule has 25 heteroatoms. The number of phosphoric ester groups is 1. The Morgan fingerprint density at radius 1 is 0.985 bits per heavy atom. The lowest BCUT2D eigenvalue weighted by Crippen LogP contribution is -2.33. The lowest BCUT2D eigenvalue weighted by Gasteiger charge is -2.34. The zero-order valence-electron chi connectivity index (χ0n) is 37.4.